The molecule has 2 aromatic carbocycles. The third-order valence-electron chi connectivity index (χ3n) is 3.34. The molecule has 1 N–H and O–H groups in total. The van der Waals surface area contributed by atoms with Crippen LogP contribution >= 0.6 is 23.2 Å². The van der Waals surface area contributed by atoms with Gasteiger partial charge in [0.25, 0.3) is 5.91 Å². The molecule has 27 heavy (non-hydrogen) atoms. The number of hydrogen-bond acceptors (Lipinski definition) is 5. The van der Waals surface area contributed by atoms with Crippen molar-refractivity contribution in [3.63, 3.8) is 0 Å². The summed E-state index contributed by atoms with van der Waals surface area (Å²) in [6.45, 7) is 2.73. The zero-order valence-electron chi connectivity index (χ0n) is 14.7. The second-order valence-corrected chi connectivity index (χ2v) is 6.15. The maximum absolute atomic E-state index is 12.3. The molecule has 0 aliphatic carbocycles. The average molecular weight is 412 g/mol. The Labute approximate surface area is 167 Å². The Morgan fingerprint density at radius 2 is 1.78 bits per heavy atom. The fourth-order valence-corrected chi connectivity index (χ4v) is 2.37. The molecular formula is C19H19Cl2NO5. The molecule has 0 atom stereocenters. The van der Waals surface area contributed by atoms with Gasteiger partial charge in [0.1, 0.15) is 12.4 Å². The van der Waals surface area contributed by atoms with E-state index in [0.29, 0.717) is 40.3 Å². The lowest BCUT2D eigenvalue weighted by atomic mass is 10.2. The van der Waals surface area contributed by atoms with E-state index in [2.05, 4.69) is 5.32 Å². The summed E-state index contributed by atoms with van der Waals surface area (Å²) in [6.07, 6.45) is 0. The highest BCUT2D eigenvalue weighted by molar-refractivity contribution is 6.35. The van der Waals surface area contributed by atoms with Gasteiger partial charge in [0.15, 0.2) is 6.61 Å². The van der Waals surface area contributed by atoms with Crippen molar-refractivity contribution in [2.24, 2.45) is 0 Å². The van der Waals surface area contributed by atoms with E-state index in [4.69, 9.17) is 37.4 Å². The summed E-state index contributed by atoms with van der Waals surface area (Å²) in [5, 5.41) is 3.54. The molecule has 0 unspecified atom stereocenters. The van der Waals surface area contributed by atoms with Gasteiger partial charge in [-0.15, -0.1) is 0 Å². The molecule has 6 nitrogen and oxygen atoms in total. The van der Waals surface area contributed by atoms with Crippen LogP contribution in [0.3, 0.4) is 0 Å². The van der Waals surface area contributed by atoms with E-state index in [-0.39, 0.29) is 19.1 Å². The number of halogens is 2. The van der Waals surface area contributed by atoms with Gasteiger partial charge >= 0.3 is 5.97 Å². The van der Waals surface area contributed by atoms with Gasteiger partial charge in [-0.25, -0.2) is 4.79 Å². The van der Waals surface area contributed by atoms with E-state index in [1.807, 2.05) is 6.92 Å². The van der Waals surface area contributed by atoms with Crippen LogP contribution in [0, 0.1) is 0 Å². The number of nitrogens with one attached hydrogen (secondary N) is 1. The van der Waals surface area contributed by atoms with Crippen molar-refractivity contribution in [3.8, 4) is 5.75 Å². The first-order valence-corrected chi connectivity index (χ1v) is 8.98. The lowest BCUT2D eigenvalue weighted by molar-refractivity contribution is -0.147. The van der Waals surface area contributed by atoms with Crippen molar-refractivity contribution in [3.05, 3.63) is 58.1 Å². The van der Waals surface area contributed by atoms with Crippen molar-refractivity contribution in [1.82, 2.24) is 0 Å². The average Bonchev–Trinajstić information content (AvgIpc) is 2.67. The lowest BCUT2D eigenvalue weighted by Crippen LogP contribution is -2.17. The Balaban J connectivity index is 1.84. The molecule has 0 aromatic heterocycles. The maximum atomic E-state index is 12.3. The first kappa shape index (κ1) is 21.0. The number of carbonyl (C=O) groups is 2. The minimum Gasteiger partial charge on any atom is -0.482 e. The Morgan fingerprint density at radius 3 is 2.48 bits per heavy atom. The number of anilines is 1. The SMILES string of the molecule is CCOCCOC(=O)COc1ccc(C(=O)Nc2cc(Cl)ccc2Cl)cc1. The highest BCUT2D eigenvalue weighted by Crippen LogP contribution is 2.26. The van der Waals surface area contributed by atoms with E-state index >= 15 is 0 Å². The molecule has 0 radical (unpaired) electrons. The van der Waals surface area contributed by atoms with Gasteiger partial charge in [0.2, 0.25) is 0 Å². The highest BCUT2D eigenvalue weighted by Gasteiger charge is 2.10. The zero-order chi connectivity index (χ0) is 19.6. The molecular weight excluding hydrogens is 393 g/mol. The molecule has 1 amide bonds. The number of carbonyl (C=O) groups excluding carboxylic acids is 2. The van der Waals surface area contributed by atoms with Gasteiger partial charge in [-0.2, -0.15) is 0 Å². The van der Waals surface area contributed by atoms with Crippen LogP contribution in [0.15, 0.2) is 42.5 Å². The van der Waals surface area contributed by atoms with Gasteiger partial charge in [-0.3, -0.25) is 4.79 Å². The van der Waals surface area contributed by atoms with Crippen molar-refractivity contribution in [2.75, 3.05) is 31.7 Å². The third kappa shape index (κ3) is 7.09. The first-order valence-electron chi connectivity index (χ1n) is 8.22. The number of rotatable bonds is 9. The van der Waals surface area contributed by atoms with Crippen LogP contribution in [0.1, 0.15) is 17.3 Å². The summed E-state index contributed by atoms with van der Waals surface area (Å²) in [4.78, 5) is 23.8. The zero-order valence-corrected chi connectivity index (χ0v) is 16.2. The van der Waals surface area contributed by atoms with Gasteiger partial charge in [-0.05, 0) is 49.4 Å². The second-order valence-electron chi connectivity index (χ2n) is 5.31. The number of benzene rings is 2. The molecule has 2 rings (SSSR count). The van der Waals surface area contributed by atoms with Crippen LogP contribution in [0.4, 0.5) is 5.69 Å². The molecule has 144 valence electrons. The molecule has 0 saturated heterocycles. The summed E-state index contributed by atoms with van der Waals surface area (Å²) in [5.41, 5.74) is 0.821. The largest absolute Gasteiger partial charge is 0.482 e. The topological polar surface area (TPSA) is 73.9 Å². The molecule has 0 spiro atoms. The van der Waals surface area contributed by atoms with E-state index in [0.717, 1.165) is 0 Å². The van der Waals surface area contributed by atoms with Crippen molar-refractivity contribution < 1.29 is 23.8 Å². The van der Waals surface area contributed by atoms with Crippen LogP contribution in [-0.4, -0.2) is 38.3 Å². The predicted molar refractivity (Wildman–Crippen MR) is 104 cm³/mol. The standard InChI is InChI=1S/C19H19Cl2NO5/c1-2-25-9-10-26-18(23)12-27-15-6-3-13(4-7-15)19(24)22-17-11-14(20)5-8-16(17)21/h3-8,11H,2,9-10,12H2,1H3,(H,22,24). The summed E-state index contributed by atoms with van der Waals surface area (Å²) in [7, 11) is 0. The summed E-state index contributed by atoms with van der Waals surface area (Å²) in [6, 6.07) is 11.1. The van der Waals surface area contributed by atoms with Crippen LogP contribution in [0.5, 0.6) is 5.75 Å². The van der Waals surface area contributed by atoms with Gasteiger partial charge < -0.3 is 19.5 Å². The Bertz CT molecular complexity index is 780. The van der Waals surface area contributed by atoms with Crippen LogP contribution < -0.4 is 10.1 Å². The smallest absolute Gasteiger partial charge is 0.344 e. The third-order valence-corrected chi connectivity index (χ3v) is 3.91. The first-order chi connectivity index (χ1) is 13.0. The lowest BCUT2D eigenvalue weighted by Gasteiger charge is -2.09. The molecule has 0 aliphatic heterocycles. The second kappa shape index (κ2) is 10.8. The quantitative estimate of drug-likeness (QED) is 0.494. The molecule has 0 bridgehead atoms. The monoisotopic (exact) mass is 411 g/mol. The number of hydrogen-bond donors (Lipinski definition) is 1. The minimum atomic E-state index is -0.493. The van der Waals surface area contributed by atoms with Crippen molar-refractivity contribution >= 4 is 40.8 Å². The fraction of sp³-hybridized carbons (Fsp3) is 0.263. The highest BCUT2D eigenvalue weighted by atomic mass is 35.5. The van der Waals surface area contributed by atoms with Crippen molar-refractivity contribution in [2.45, 2.75) is 6.92 Å². The minimum absolute atomic E-state index is 0.182. The van der Waals surface area contributed by atoms with Crippen molar-refractivity contribution in [1.29, 1.82) is 0 Å². The molecule has 0 saturated carbocycles. The summed E-state index contributed by atoms with van der Waals surface area (Å²) in [5.74, 6) is -0.401. The predicted octanol–water partition coefficient (Wildman–Crippen LogP) is 4.20. The molecule has 0 fully saturated rings. The molecule has 2 aromatic rings. The van der Waals surface area contributed by atoms with Crippen LogP contribution in [0.2, 0.25) is 10.0 Å². The van der Waals surface area contributed by atoms with E-state index in [1.54, 1.807) is 42.5 Å². The van der Waals surface area contributed by atoms with Gasteiger partial charge in [0.05, 0.1) is 17.3 Å². The Morgan fingerprint density at radius 1 is 1.04 bits per heavy atom. The van der Waals surface area contributed by atoms with E-state index in [9.17, 15) is 9.59 Å². The van der Waals surface area contributed by atoms with Gasteiger partial charge in [-0.1, -0.05) is 23.2 Å². The van der Waals surface area contributed by atoms with E-state index in [1.165, 1.54) is 0 Å². The number of esters is 1. The molecule has 0 aliphatic rings. The molecule has 8 heteroatoms. The normalized spacial score (nSPS) is 10.3. The summed E-state index contributed by atoms with van der Waals surface area (Å²) < 4.78 is 15.3. The number of ether oxygens (including phenoxy) is 3. The number of amides is 1. The summed E-state index contributed by atoms with van der Waals surface area (Å²) >= 11 is 11.9. The van der Waals surface area contributed by atoms with Crippen LogP contribution in [0.25, 0.3) is 0 Å². The Hall–Kier alpha value is -2.28. The molecule has 0 heterocycles. The van der Waals surface area contributed by atoms with E-state index < -0.39 is 5.97 Å². The fourth-order valence-electron chi connectivity index (χ4n) is 2.03. The van der Waals surface area contributed by atoms with Gasteiger partial charge in [0, 0.05) is 17.2 Å². The Kier molecular flexibility index (Phi) is 8.39. The van der Waals surface area contributed by atoms with Crippen LogP contribution in [-0.2, 0) is 14.3 Å². The maximum Gasteiger partial charge on any atom is 0.344 e.